The molecule has 1 aliphatic rings. The smallest absolute Gasteiger partial charge is 0.337 e. The van der Waals surface area contributed by atoms with E-state index in [4.69, 9.17) is 11.6 Å². The van der Waals surface area contributed by atoms with Crippen molar-refractivity contribution in [1.82, 2.24) is 4.98 Å². The first-order valence-electron chi connectivity index (χ1n) is 9.44. The maximum atomic E-state index is 12.9. The second-order valence-corrected chi connectivity index (χ2v) is 7.94. The average molecular weight is 483 g/mol. The molecule has 0 saturated carbocycles. The van der Waals surface area contributed by atoms with Crippen molar-refractivity contribution in [2.45, 2.75) is 0 Å². The predicted octanol–water partition coefficient (Wildman–Crippen LogP) is 3.62. The van der Waals surface area contributed by atoms with Gasteiger partial charge in [-0.15, -0.1) is 11.3 Å². The molecule has 33 heavy (non-hydrogen) atoms. The van der Waals surface area contributed by atoms with Gasteiger partial charge in [0.15, 0.2) is 5.13 Å². The van der Waals surface area contributed by atoms with Crippen molar-refractivity contribution in [2.24, 2.45) is 0 Å². The Balaban J connectivity index is 1.48. The fraction of sp³-hybridized carbons (Fsp3) is 0.0455. The minimum absolute atomic E-state index is 0.0984. The lowest BCUT2D eigenvalue weighted by Gasteiger charge is -2.15. The number of carbonyl (C=O) groups is 4. The lowest BCUT2D eigenvalue weighted by Crippen LogP contribution is -2.32. The van der Waals surface area contributed by atoms with Crippen LogP contribution >= 0.6 is 22.9 Å². The lowest BCUT2D eigenvalue weighted by atomic mass is 10.2. The SMILES string of the molecule is COC(=O)c1ccc(N2C(=O)C(Cl)=C(Nc3ccc(C(=O)Nc4nccs4)cc3)C2=O)cc1. The van der Waals surface area contributed by atoms with E-state index in [1.165, 1.54) is 42.7 Å². The monoisotopic (exact) mass is 482 g/mol. The number of halogens is 1. The Morgan fingerprint density at radius 3 is 2.27 bits per heavy atom. The molecule has 0 atom stereocenters. The average Bonchev–Trinajstić information content (AvgIpc) is 3.41. The molecular formula is C22H15ClN4O5S. The molecule has 2 aromatic carbocycles. The van der Waals surface area contributed by atoms with Gasteiger partial charge in [-0.25, -0.2) is 14.7 Å². The minimum atomic E-state index is -0.700. The number of rotatable bonds is 6. The van der Waals surface area contributed by atoms with Crippen molar-refractivity contribution in [3.8, 4) is 0 Å². The van der Waals surface area contributed by atoms with Crippen molar-refractivity contribution in [1.29, 1.82) is 0 Å². The van der Waals surface area contributed by atoms with E-state index in [0.29, 0.717) is 16.4 Å². The molecular weight excluding hydrogens is 468 g/mol. The Bertz CT molecular complexity index is 1270. The van der Waals surface area contributed by atoms with E-state index in [1.54, 1.807) is 35.8 Å². The zero-order valence-corrected chi connectivity index (χ0v) is 18.6. The van der Waals surface area contributed by atoms with Crippen LogP contribution in [0.4, 0.5) is 16.5 Å². The van der Waals surface area contributed by atoms with Crippen molar-refractivity contribution >= 4 is 63.1 Å². The lowest BCUT2D eigenvalue weighted by molar-refractivity contribution is -0.120. The van der Waals surface area contributed by atoms with Crippen molar-refractivity contribution in [2.75, 3.05) is 22.6 Å². The maximum Gasteiger partial charge on any atom is 0.337 e. The predicted molar refractivity (Wildman–Crippen MR) is 123 cm³/mol. The molecule has 0 bridgehead atoms. The molecule has 9 nitrogen and oxygen atoms in total. The van der Waals surface area contributed by atoms with Crippen LogP contribution in [0.1, 0.15) is 20.7 Å². The largest absolute Gasteiger partial charge is 0.465 e. The topological polar surface area (TPSA) is 118 Å². The molecule has 3 aromatic rings. The first-order chi connectivity index (χ1) is 15.9. The van der Waals surface area contributed by atoms with Crippen LogP contribution in [-0.2, 0) is 14.3 Å². The van der Waals surface area contributed by atoms with Gasteiger partial charge < -0.3 is 10.1 Å². The third-order valence-corrected chi connectivity index (χ3v) is 5.68. The number of esters is 1. The highest BCUT2D eigenvalue weighted by atomic mass is 35.5. The number of aromatic nitrogens is 1. The van der Waals surface area contributed by atoms with Gasteiger partial charge in [0, 0.05) is 22.8 Å². The summed E-state index contributed by atoms with van der Waals surface area (Å²) in [4.78, 5) is 54.3. The molecule has 2 N–H and O–H groups in total. The summed E-state index contributed by atoms with van der Waals surface area (Å²) in [6, 6.07) is 12.1. The highest BCUT2D eigenvalue weighted by Crippen LogP contribution is 2.30. The third-order valence-electron chi connectivity index (χ3n) is 4.64. The van der Waals surface area contributed by atoms with Crippen LogP contribution in [0.5, 0.6) is 0 Å². The third kappa shape index (κ3) is 4.47. The number of hydrogen-bond donors (Lipinski definition) is 2. The molecule has 166 valence electrons. The van der Waals surface area contributed by atoms with Gasteiger partial charge in [-0.3, -0.25) is 19.7 Å². The summed E-state index contributed by atoms with van der Waals surface area (Å²) in [7, 11) is 1.26. The molecule has 0 fully saturated rings. The summed E-state index contributed by atoms with van der Waals surface area (Å²) in [5, 5.41) is 7.46. The molecule has 1 aliphatic heterocycles. The molecule has 0 aliphatic carbocycles. The number of methoxy groups -OCH3 is 1. The van der Waals surface area contributed by atoms with Gasteiger partial charge in [0.2, 0.25) is 0 Å². The zero-order chi connectivity index (χ0) is 23.5. The summed E-state index contributed by atoms with van der Waals surface area (Å²) < 4.78 is 4.64. The van der Waals surface area contributed by atoms with E-state index in [9.17, 15) is 19.2 Å². The summed E-state index contributed by atoms with van der Waals surface area (Å²) in [5.41, 5.74) is 1.27. The number of amides is 3. The molecule has 2 heterocycles. The number of benzene rings is 2. The number of ether oxygens (including phenoxy) is 1. The number of thiazole rings is 1. The van der Waals surface area contributed by atoms with Crippen LogP contribution in [0, 0.1) is 0 Å². The molecule has 1 aromatic heterocycles. The Morgan fingerprint density at radius 2 is 1.67 bits per heavy atom. The van der Waals surface area contributed by atoms with Crippen LogP contribution in [0.2, 0.25) is 0 Å². The maximum absolute atomic E-state index is 12.9. The number of nitrogens with one attached hydrogen (secondary N) is 2. The number of anilines is 3. The summed E-state index contributed by atoms with van der Waals surface area (Å²) in [6.07, 6.45) is 1.58. The Kier molecular flexibility index (Phi) is 6.20. The molecule has 0 saturated heterocycles. The fourth-order valence-electron chi connectivity index (χ4n) is 3.01. The van der Waals surface area contributed by atoms with Gasteiger partial charge in [0.1, 0.15) is 10.7 Å². The molecule has 0 unspecified atom stereocenters. The van der Waals surface area contributed by atoms with Gasteiger partial charge in [0.25, 0.3) is 17.7 Å². The highest BCUT2D eigenvalue weighted by molar-refractivity contribution is 7.13. The van der Waals surface area contributed by atoms with E-state index in [-0.39, 0.29) is 27.9 Å². The first-order valence-corrected chi connectivity index (χ1v) is 10.7. The molecule has 11 heteroatoms. The minimum Gasteiger partial charge on any atom is -0.465 e. The zero-order valence-electron chi connectivity index (χ0n) is 17.0. The van der Waals surface area contributed by atoms with Gasteiger partial charge in [-0.05, 0) is 48.5 Å². The van der Waals surface area contributed by atoms with E-state index in [2.05, 4.69) is 20.4 Å². The van der Waals surface area contributed by atoms with Crippen LogP contribution in [0.3, 0.4) is 0 Å². The van der Waals surface area contributed by atoms with E-state index >= 15 is 0 Å². The van der Waals surface area contributed by atoms with Gasteiger partial charge >= 0.3 is 5.97 Å². The van der Waals surface area contributed by atoms with Crippen LogP contribution < -0.4 is 15.5 Å². The normalized spacial score (nSPS) is 13.3. The Morgan fingerprint density at radius 1 is 1.00 bits per heavy atom. The molecule has 0 spiro atoms. The standard InChI is InChI=1S/C22H15ClN4O5S/c1-32-21(31)13-4-8-15(9-5-13)27-19(29)16(23)17(20(27)30)25-14-6-2-12(3-7-14)18(28)26-22-24-10-11-33-22/h2-11,25H,1H3,(H,24,26,28). The van der Waals surface area contributed by atoms with E-state index in [0.717, 1.165) is 4.90 Å². The van der Waals surface area contributed by atoms with Crippen molar-refractivity contribution in [3.63, 3.8) is 0 Å². The molecule has 0 radical (unpaired) electrons. The second-order valence-electron chi connectivity index (χ2n) is 6.67. The molecule has 3 amide bonds. The summed E-state index contributed by atoms with van der Waals surface area (Å²) in [6.45, 7) is 0. The Hall–Kier alpha value is -4.02. The second kappa shape index (κ2) is 9.23. The van der Waals surface area contributed by atoms with Crippen molar-refractivity contribution < 1.29 is 23.9 Å². The summed E-state index contributed by atoms with van der Waals surface area (Å²) >= 11 is 7.44. The first kappa shape index (κ1) is 22.2. The van der Waals surface area contributed by atoms with Crippen LogP contribution in [0.25, 0.3) is 0 Å². The number of nitrogens with zero attached hydrogens (tertiary/aromatic N) is 2. The quantitative estimate of drug-likeness (QED) is 0.407. The van der Waals surface area contributed by atoms with Gasteiger partial charge in [0.05, 0.1) is 18.4 Å². The van der Waals surface area contributed by atoms with E-state index in [1.807, 2.05) is 0 Å². The van der Waals surface area contributed by atoms with Gasteiger partial charge in [-0.2, -0.15) is 0 Å². The Labute approximate surface area is 196 Å². The fourth-order valence-corrected chi connectivity index (χ4v) is 3.75. The number of hydrogen-bond acceptors (Lipinski definition) is 8. The summed E-state index contributed by atoms with van der Waals surface area (Å²) in [5.74, 6) is -2.22. The number of carbonyl (C=O) groups excluding carboxylic acids is 4. The highest BCUT2D eigenvalue weighted by Gasteiger charge is 2.39. The van der Waals surface area contributed by atoms with Crippen molar-refractivity contribution in [3.05, 3.63) is 82.0 Å². The van der Waals surface area contributed by atoms with Crippen LogP contribution in [-0.4, -0.2) is 35.8 Å². The molecule has 4 rings (SSSR count). The van der Waals surface area contributed by atoms with Gasteiger partial charge in [-0.1, -0.05) is 11.6 Å². The van der Waals surface area contributed by atoms with E-state index < -0.39 is 17.8 Å². The number of imide groups is 1. The van der Waals surface area contributed by atoms with Crippen LogP contribution in [0.15, 0.2) is 70.8 Å².